The third-order valence-corrected chi connectivity index (χ3v) is 9.10. The van der Waals surface area contributed by atoms with Gasteiger partial charge in [0.2, 0.25) is 5.91 Å². The molecule has 33 heavy (non-hydrogen) atoms. The first-order valence-electron chi connectivity index (χ1n) is 12.4. The van der Waals surface area contributed by atoms with Crippen molar-refractivity contribution in [2.45, 2.75) is 50.1 Å². The fraction of sp³-hybridized carbons (Fsp3) is 0.667. The molecule has 0 radical (unpaired) electrons. The minimum Gasteiger partial charge on any atom is -0.327 e. The molecule has 2 aromatic rings. The number of hydrogen-bond donors (Lipinski definition) is 4. The molecule has 4 saturated heterocycles. The van der Waals surface area contributed by atoms with Gasteiger partial charge in [-0.1, -0.05) is 12.1 Å². The summed E-state index contributed by atoms with van der Waals surface area (Å²) in [7, 11) is 2.22. The Balaban J connectivity index is 1.24. The van der Waals surface area contributed by atoms with E-state index < -0.39 is 0 Å². The predicted octanol–water partition coefficient (Wildman–Crippen LogP) is 1.08. The zero-order valence-corrected chi connectivity index (χ0v) is 20.2. The van der Waals surface area contributed by atoms with Crippen LogP contribution in [0.2, 0.25) is 0 Å². The number of fused-ring (bicyclic) bond motifs is 1. The van der Waals surface area contributed by atoms with Gasteiger partial charge in [-0.3, -0.25) is 20.3 Å². The summed E-state index contributed by atoms with van der Waals surface area (Å²) in [5, 5.41) is 15.3. The molecule has 1 aromatic heterocycles. The number of likely N-dealkylation sites (tertiary alicyclic amines) is 2. The smallest absolute Gasteiger partial charge is 0.235 e. The summed E-state index contributed by atoms with van der Waals surface area (Å²) in [6.07, 6.45) is 4.47. The van der Waals surface area contributed by atoms with E-state index in [0.717, 1.165) is 60.8 Å². The number of nitrogens with zero attached hydrogens (tertiary/aromatic N) is 3. The van der Waals surface area contributed by atoms with E-state index in [1.165, 1.54) is 19.4 Å². The fourth-order valence-electron chi connectivity index (χ4n) is 6.23. The molecule has 4 aliphatic heterocycles. The van der Waals surface area contributed by atoms with Gasteiger partial charge < -0.3 is 15.5 Å². The Morgan fingerprint density at radius 1 is 1.21 bits per heavy atom. The van der Waals surface area contributed by atoms with Crippen LogP contribution in [0.3, 0.4) is 0 Å². The Labute approximate surface area is 199 Å². The van der Waals surface area contributed by atoms with Gasteiger partial charge in [-0.15, -0.1) is 11.3 Å². The van der Waals surface area contributed by atoms with Crippen LogP contribution in [-0.4, -0.2) is 85.5 Å². The van der Waals surface area contributed by atoms with E-state index in [1.807, 2.05) is 18.2 Å². The van der Waals surface area contributed by atoms with Crippen molar-refractivity contribution in [3.05, 3.63) is 29.3 Å². The lowest BCUT2D eigenvalue weighted by atomic mass is 9.86. The Kier molecular flexibility index (Phi) is 5.88. The zero-order chi connectivity index (χ0) is 22.4. The molecule has 1 spiro atoms. The van der Waals surface area contributed by atoms with Gasteiger partial charge in [-0.25, -0.2) is 4.98 Å². The number of hydrogen-bond acceptors (Lipinski definition) is 8. The molecule has 9 heteroatoms. The topological polar surface area (TPSA) is 84.6 Å². The highest BCUT2D eigenvalue weighted by Gasteiger charge is 2.47. The number of rotatable bonds is 4. The number of para-hydroxylation sites is 1. The number of aromatic nitrogens is 1. The van der Waals surface area contributed by atoms with E-state index in [2.05, 4.69) is 44.2 Å². The van der Waals surface area contributed by atoms with Crippen LogP contribution in [0.25, 0.3) is 10.2 Å². The van der Waals surface area contributed by atoms with Crippen molar-refractivity contribution in [3.8, 4) is 0 Å². The molecule has 1 amide bonds. The molecule has 4 unspecified atom stereocenters. The molecular formula is C24H35N7OS. The third kappa shape index (κ3) is 4.31. The summed E-state index contributed by atoms with van der Waals surface area (Å²) in [6, 6.07) is 8.51. The molecule has 4 aliphatic rings. The number of benzene rings is 1. The van der Waals surface area contributed by atoms with Gasteiger partial charge in [-0.05, 0) is 63.4 Å². The molecule has 5 atom stereocenters. The summed E-state index contributed by atoms with van der Waals surface area (Å²) >= 11 is 1.64. The molecule has 8 nitrogen and oxygen atoms in total. The van der Waals surface area contributed by atoms with Crippen molar-refractivity contribution in [3.63, 3.8) is 0 Å². The minimum absolute atomic E-state index is 0.0727. The lowest BCUT2D eigenvalue weighted by Gasteiger charge is -2.43. The first-order chi connectivity index (χ1) is 16.1. The second kappa shape index (κ2) is 8.87. The van der Waals surface area contributed by atoms with Crippen LogP contribution in [0.4, 0.5) is 0 Å². The van der Waals surface area contributed by atoms with E-state index in [4.69, 9.17) is 4.98 Å². The second-order valence-electron chi connectivity index (χ2n) is 10.5. The molecular weight excluding hydrogens is 434 g/mol. The number of nitrogens with one attached hydrogen (secondary N) is 4. The second-order valence-corrected chi connectivity index (χ2v) is 11.5. The largest absolute Gasteiger partial charge is 0.327 e. The van der Waals surface area contributed by atoms with E-state index in [1.54, 1.807) is 11.3 Å². The number of carbonyl (C=O) groups excluding carboxylic acids is 1. The molecule has 0 saturated carbocycles. The molecule has 178 valence electrons. The van der Waals surface area contributed by atoms with Crippen molar-refractivity contribution in [2.75, 3.05) is 46.3 Å². The van der Waals surface area contributed by atoms with Crippen LogP contribution in [-0.2, 0) is 4.79 Å². The summed E-state index contributed by atoms with van der Waals surface area (Å²) in [5.41, 5.74) is 1.35. The number of amides is 1. The van der Waals surface area contributed by atoms with Crippen molar-refractivity contribution in [1.82, 2.24) is 36.1 Å². The monoisotopic (exact) mass is 469 g/mol. The van der Waals surface area contributed by atoms with Gasteiger partial charge in [0, 0.05) is 32.2 Å². The maximum Gasteiger partial charge on any atom is 0.235 e. The number of thiazole rings is 1. The first kappa shape index (κ1) is 21.9. The molecule has 4 fully saturated rings. The molecule has 0 aliphatic carbocycles. The Bertz CT molecular complexity index is 975. The quantitative estimate of drug-likeness (QED) is 0.533. The van der Waals surface area contributed by atoms with Crippen LogP contribution in [0.1, 0.15) is 36.6 Å². The highest BCUT2D eigenvalue weighted by molar-refractivity contribution is 7.18. The molecule has 1 aromatic carbocycles. The van der Waals surface area contributed by atoms with Gasteiger partial charge >= 0.3 is 0 Å². The van der Waals surface area contributed by atoms with E-state index in [0.29, 0.717) is 11.5 Å². The molecule has 6 rings (SSSR count). The Morgan fingerprint density at radius 2 is 2.09 bits per heavy atom. The van der Waals surface area contributed by atoms with Gasteiger partial charge in [0.05, 0.1) is 16.4 Å². The van der Waals surface area contributed by atoms with Gasteiger partial charge in [0.1, 0.15) is 17.2 Å². The van der Waals surface area contributed by atoms with E-state index in [9.17, 15) is 4.79 Å². The number of carbonyl (C=O) groups is 1. The van der Waals surface area contributed by atoms with Crippen LogP contribution in [0, 0.1) is 5.41 Å². The Hall–Kier alpha value is -1.62. The maximum absolute atomic E-state index is 13.6. The summed E-state index contributed by atoms with van der Waals surface area (Å²) in [4.78, 5) is 23.3. The average molecular weight is 470 g/mol. The van der Waals surface area contributed by atoms with Crippen LogP contribution in [0.15, 0.2) is 24.3 Å². The lowest BCUT2D eigenvalue weighted by Crippen LogP contribution is -2.70. The maximum atomic E-state index is 13.6. The van der Waals surface area contributed by atoms with Gasteiger partial charge in [0.15, 0.2) is 0 Å². The van der Waals surface area contributed by atoms with Crippen molar-refractivity contribution in [2.24, 2.45) is 5.41 Å². The van der Waals surface area contributed by atoms with Gasteiger partial charge in [0.25, 0.3) is 0 Å². The highest BCUT2D eigenvalue weighted by atomic mass is 32.1. The summed E-state index contributed by atoms with van der Waals surface area (Å²) in [6.45, 7) is 6.42. The van der Waals surface area contributed by atoms with Crippen LogP contribution < -0.4 is 21.3 Å². The zero-order valence-electron chi connectivity index (χ0n) is 19.3. The summed E-state index contributed by atoms with van der Waals surface area (Å²) < 4.78 is 1.13. The van der Waals surface area contributed by atoms with E-state index >= 15 is 0 Å². The lowest BCUT2D eigenvalue weighted by molar-refractivity contribution is -0.129. The van der Waals surface area contributed by atoms with Crippen molar-refractivity contribution in [1.29, 1.82) is 0 Å². The fourth-order valence-corrected chi connectivity index (χ4v) is 7.34. The van der Waals surface area contributed by atoms with Crippen LogP contribution in [0.5, 0.6) is 0 Å². The molecule has 5 heterocycles. The first-order valence-corrected chi connectivity index (χ1v) is 13.2. The average Bonchev–Trinajstić information content (AvgIpc) is 3.52. The van der Waals surface area contributed by atoms with Gasteiger partial charge in [-0.2, -0.15) is 0 Å². The predicted molar refractivity (Wildman–Crippen MR) is 131 cm³/mol. The SMILES string of the molecule is CN1CCC2(CCN(C3NC(=O)C(c4nc5ccccc5s4)C(N[C@@H]4CCCNC4)N3)C2)C1. The Morgan fingerprint density at radius 3 is 2.88 bits per heavy atom. The van der Waals surface area contributed by atoms with Crippen molar-refractivity contribution < 1.29 is 4.79 Å². The molecule has 4 N–H and O–H groups in total. The standard InChI is InChI=1S/C24H35N7OS/c1-30-11-8-24(14-30)9-12-31(15-24)23-28-20(26-16-5-4-10-25-13-16)19(21(32)29-23)22-27-17-6-2-3-7-18(17)33-22/h2-3,6-7,16,19-20,23,25-26,28H,4-5,8-15H2,1H3,(H,29,32)/t16-,19?,20?,23?,24?/m1/s1. The third-order valence-electron chi connectivity index (χ3n) is 7.98. The van der Waals surface area contributed by atoms with Crippen LogP contribution >= 0.6 is 11.3 Å². The highest BCUT2D eigenvalue weighted by Crippen LogP contribution is 2.40. The normalized spacial score (nSPS) is 36.1. The number of piperidine rings is 1. The minimum atomic E-state index is -0.338. The van der Waals surface area contributed by atoms with Crippen molar-refractivity contribution >= 4 is 27.5 Å². The van der Waals surface area contributed by atoms with E-state index in [-0.39, 0.29) is 24.3 Å². The summed E-state index contributed by atoms with van der Waals surface area (Å²) in [5.74, 6) is -0.265. The molecule has 0 bridgehead atoms.